The standard InChI is InChI=1S/C19H22O2/c1-3-14-4-6-15(7-5-14)13-19(20)11-10-16-8-9-17(21-2)12-18(16)19/h4-9,12,20H,3,10-11,13H2,1-2H3. The second-order valence-corrected chi connectivity index (χ2v) is 5.90. The minimum atomic E-state index is -0.766. The lowest BCUT2D eigenvalue weighted by atomic mass is 9.88. The first-order valence-electron chi connectivity index (χ1n) is 7.62. The second-order valence-electron chi connectivity index (χ2n) is 5.90. The number of ether oxygens (including phenoxy) is 1. The Labute approximate surface area is 126 Å². The van der Waals surface area contributed by atoms with Gasteiger partial charge in [-0.2, -0.15) is 0 Å². The molecule has 0 spiro atoms. The number of hydrogen-bond donors (Lipinski definition) is 1. The lowest BCUT2D eigenvalue weighted by Gasteiger charge is -2.24. The predicted octanol–water partition coefficient (Wildman–Crippen LogP) is 3.63. The zero-order chi connectivity index (χ0) is 14.9. The Morgan fingerprint density at radius 1 is 1.10 bits per heavy atom. The van der Waals surface area contributed by atoms with Crippen molar-refractivity contribution in [2.24, 2.45) is 0 Å². The number of methoxy groups -OCH3 is 1. The predicted molar refractivity (Wildman–Crippen MR) is 84.7 cm³/mol. The Bertz CT molecular complexity index is 631. The summed E-state index contributed by atoms with van der Waals surface area (Å²) in [5.74, 6) is 0.815. The zero-order valence-corrected chi connectivity index (χ0v) is 12.7. The molecule has 0 aliphatic heterocycles. The highest BCUT2D eigenvalue weighted by atomic mass is 16.5. The molecule has 2 nitrogen and oxygen atoms in total. The smallest absolute Gasteiger partial charge is 0.119 e. The van der Waals surface area contributed by atoms with Gasteiger partial charge in [-0.1, -0.05) is 37.3 Å². The molecule has 1 aliphatic rings. The van der Waals surface area contributed by atoms with E-state index >= 15 is 0 Å². The molecule has 0 bridgehead atoms. The number of hydrogen-bond acceptors (Lipinski definition) is 2. The maximum absolute atomic E-state index is 11.1. The number of aryl methyl sites for hydroxylation is 2. The van der Waals surface area contributed by atoms with E-state index in [0.29, 0.717) is 6.42 Å². The summed E-state index contributed by atoms with van der Waals surface area (Å²) in [4.78, 5) is 0. The van der Waals surface area contributed by atoms with Crippen LogP contribution in [0.3, 0.4) is 0 Å². The fourth-order valence-electron chi connectivity index (χ4n) is 3.22. The number of aliphatic hydroxyl groups is 1. The molecule has 2 heteroatoms. The van der Waals surface area contributed by atoms with Crippen LogP contribution in [-0.4, -0.2) is 12.2 Å². The number of fused-ring (bicyclic) bond motifs is 1. The quantitative estimate of drug-likeness (QED) is 0.928. The lowest BCUT2D eigenvalue weighted by Crippen LogP contribution is -2.25. The van der Waals surface area contributed by atoms with E-state index in [2.05, 4.69) is 37.3 Å². The van der Waals surface area contributed by atoms with Gasteiger partial charge in [-0.05, 0) is 53.6 Å². The molecule has 21 heavy (non-hydrogen) atoms. The fraction of sp³-hybridized carbons (Fsp3) is 0.368. The van der Waals surface area contributed by atoms with Crippen molar-refractivity contribution < 1.29 is 9.84 Å². The summed E-state index contributed by atoms with van der Waals surface area (Å²) in [6.07, 6.45) is 3.43. The van der Waals surface area contributed by atoms with Gasteiger partial charge in [-0.25, -0.2) is 0 Å². The SMILES string of the molecule is CCc1ccc(CC2(O)CCc3ccc(OC)cc32)cc1. The maximum atomic E-state index is 11.1. The Hall–Kier alpha value is -1.80. The van der Waals surface area contributed by atoms with Gasteiger partial charge in [0.1, 0.15) is 5.75 Å². The van der Waals surface area contributed by atoms with E-state index in [4.69, 9.17) is 4.74 Å². The van der Waals surface area contributed by atoms with Gasteiger partial charge >= 0.3 is 0 Å². The Morgan fingerprint density at radius 3 is 2.48 bits per heavy atom. The average Bonchev–Trinajstić information content (AvgIpc) is 2.84. The molecular weight excluding hydrogens is 260 g/mol. The van der Waals surface area contributed by atoms with E-state index < -0.39 is 5.60 Å². The summed E-state index contributed by atoms with van der Waals surface area (Å²) >= 11 is 0. The summed E-state index contributed by atoms with van der Waals surface area (Å²) in [5, 5.41) is 11.1. The summed E-state index contributed by atoms with van der Waals surface area (Å²) < 4.78 is 5.30. The Morgan fingerprint density at radius 2 is 1.81 bits per heavy atom. The van der Waals surface area contributed by atoms with Gasteiger partial charge in [0.2, 0.25) is 0 Å². The molecule has 1 aliphatic carbocycles. The van der Waals surface area contributed by atoms with Crippen molar-refractivity contribution in [2.45, 2.75) is 38.2 Å². The molecule has 0 saturated carbocycles. The molecule has 0 radical (unpaired) electrons. The van der Waals surface area contributed by atoms with Gasteiger partial charge in [-0.3, -0.25) is 0 Å². The van der Waals surface area contributed by atoms with Crippen LogP contribution in [0.2, 0.25) is 0 Å². The van der Waals surface area contributed by atoms with Gasteiger partial charge in [0.15, 0.2) is 0 Å². The first-order valence-corrected chi connectivity index (χ1v) is 7.62. The van der Waals surface area contributed by atoms with Gasteiger partial charge < -0.3 is 9.84 Å². The molecule has 3 rings (SSSR count). The van der Waals surface area contributed by atoms with E-state index in [-0.39, 0.29) is 0 Å². The van der Waals surface area contributed by atoms with Crippen LogP contribution in [0, 0.1) is 0 Å². The molecule has 1 unspecified atom stereocenters. The Kier molecular flexibility index (Phi) is 3.73. The third kappa shape index (κ3) is 2.68. The van der Waals surface area contributed by atoms with Crippen molar-refractivity contribution in [2.75, 3.05) is 7.11 Å². The van der Waals surface area contributed by atoms with Crippen molar-refractivity contribution in [1.29, 1.82) is 0 Å². The van der Waals surface area contributed by atoms with Crippen LogP contribution in [0.25, 0.3) is 0 Å². The molecular formula is C19H22O2. The topological polar surface area (TPSA) is 29.5 Å². The highest BCUT2D eigenvalue weighted by Gasteiger charge is 2.36. The van der Waals surface area contributed by atoms with Crippen LogP contribution in [0.5, 0.6) is 5.75 Å². The largest absolute Gasteiger partial charge is 0.497 e. The van der Waals surface area contributed by atoms with Gasteiger partial charge in [0.25, 0.3) is 0 Å². The van der Waals surface area contributed by atoms with Crippen molar-refractivity contribution in [3.05, 3.63) is 64.7 Å². The molecule has 2 aromatic carbocycles. The van der Waals surface area contributed by atoms with Crippen molar-refractivity contribution in [3.8, 4) is 5.75 Å². The summed E-state index contributed by atoms with van der Waals surface area (Å²) in [5.41, 5.74) is 4.02. The first kappa shape index (κ1) is 14.2. The molecule has 1 N–H and O–H groups in total. The van der Waals surface area contributed by atoms with Crippen molar-refractivity contribution in [3.63, 3.8) is 0 Å². The van der Waals surface area contributed by atoms with Crippen LogP contribution in [0.15, 0.2) is 42.5 Å². The van der Waals surface area contributed by atoms with Gasteiger partial charge in [0.05, 0.1) is 12.7 Å². The summed E-state index contributed by atoms with van der Waals surface area (Å²) in [6.45, 7) is 2.15. The first-order chi connectivity index (χ1) is 10.1. The minimum Gasteiger partial charge on any atom is -0.497 e. The van der Waals surface area contributed by atoms with E-state index in [9.17, 15) is 5.11 Å². The molecule has 1 atom stereocenters. The molecule has 110 valence electrons. The molecule has 0 saturated heterocycles. The lowest BCUT2D eigenvalue weighted by molar-refractivity contribution is 0.0388. The van der Waals surface area contributed by atoms with Crippen LogP contribution < -0.4 is 4.74 Å². The normalized spacial score (nSPS) is 20.3. The maximum Gasteiger partial charge on any atom is 0.119 e. The minimum absolute atomic E-state index is 0.664. The van der Waals surface area contributed by atoms with E-state index in [1.54, 1.807) is 7.11 Å². The Balaban J connectivity index is 1.89. The third-order valence-corrected chi connectivity index (χ3v) is 4.55. The molecule has 0 fully saturated rings. The third-order valence-electron chi connectivity index (χ3n) is 4.55. The highest BCUT2D eigenvalue weighted by Crippen LogP contribution is 2.41. The summed E-state index contributed by atoms with van der Waals surface area (Å²) in [6, 6.07) is 14.6. The van der Waals surface area contributed by atoms with Crippen LogP contribution >= 0.6 is 0 Å². The van der Waals surface area contributed by atoms with E-state index in [0.717, 1.165) is 30.6 Å². The highest BCUT2D eigenvalue weighted by molar-refractivity contribution is 5.44. The molecule has 0 amide bonds. The number of benzene rings is 2. The van der Waals surface area contributed by atoms with E-state index in [1.165, 1.54) is 16.7 Å². The molecule has 0 aromatic heterocycles. The molecule has 2 aromatic rings. The number of rotatable bonds is 4. The van der Waals surface area contributed by atoms with Crippen molar-refractivity contribution in [1.82, 2.24) is 0 Å². The van der Waals surface area contributed by atoms with Crippen LogP contribution in [0.4, 0.5) is 0 Å². The average molecular weight is 282 g/mol. The zero-order valence-electron chi connectivity index (χ0n) is 12.7. The van der Waals surface area contributed by atoms with Crippen LogP contribution in [0.1, 0.15) is 35.6 Å². The van der Waals surface area contributed by atoms with Crippen LogP contribution in [-0.2, 0) is 24.9 Å². The fourth-order valence-corrected chi connectivity index (χ4v) is 3.22. The monoisotopic (exact) mass is 282 g/mol. The van der Waals surface area contributed by atoms with Gasteiger partial charge in [0, 0.05) is 6.42 Å². The molecule has 0 heterocycles. The van der Waals surface area contributed by atoms with E-state index in [1.807, 2.05) is 12.1 Å². The van der Waals surface area contributed by atoms with Crippen molar-refractivity contribution >= 4 is 0 Å². The summed E-state index contributed by atoms with van der Waals surface area (Å²) in [7, 11) is 1.67. The van der Waals surface area contributed by atoms with Gasteiger partial charge in [-0.15, -0.1) is 0 Å². The second kappa shape index (κ2) is 5.53.